The third-order valence-electron chi connectivity index (χ3n) is 2.71. The van der Waals surface area contributed by atoms with Gasteiger partial charge in [0, 0.05) is 18.3 Å². The van der Waals surface area contributed by atoms with Gasteiger partial charge in [0.05, 0.1) is 0 Å². The lowest BCUT2D eigenvalue weighted by Gasteiger charge is -2.24. The molecule has 0 saturated heterocycles. The van der Waals surface area contributed by atoms with E-state index < -0.39 is 0 Å². The lowest BCUT2D eigenvalue weighted by molar-refractivity contribution is 0.171. The van der Waals surface area contributed by atoms with Gasteiger partial charge in [0.2, 0.25) is 0 Å². The van der Waals surface area contributed by atoms with Crippen LogP contribution in [0.4, 0.5) is 5.69 Å². The molecule has 2 heterocycles. The molecule has 1 aromatic rings. The first kappa shape index (κ1) is 7.97. The fourth-order valence-corrected chi connectivity index (χ4v) is 2.00. The molecule has 0 radical (unpaired) electrons. The Kier molecular flexibility index (Phi) is 1.76. The Morgan fingerprint density at radius 1 is 1.07 bits per heavy atom. The number of anilines is 1. The fourth-order valence-electron chi connectivity index (χ4n) is 2.00. The van der Waals surface area contributed by atoms with E-state index in [4.69, 9.17) is 9.47 Å². The van der Waals surface area contributed by atoms with Crippen molar-refractivity contribution in [3.05, 3.63) is 17.7 Å². The van der Waals surface area contributed by atoms with Crippen molar-refractivity contribution in [2.24, 2.45) is 0 Å². The van der Waals surface area contributed by atoms with Crippen molar-refractivity contribution in [3.63, 3.8) is 0 Å². The molecular formula is C11H13NO2. The van der Waals surface area contributed by atoms with Crippen molar-refractivity contribution < 1.29 is 9.47 Å². The van der Waals surface area contributed by atoms with E-state index >= 15 is 0 Å². The molecule has 0 aromatic heterocycles. The zero-order valence-corrected chi connectivity index (χ0v) is 8.01. The van der Waals surface area contributed by atoms with E-state index in [0.717, 1.165) is 24.5 Å². The minimum atomic E-state index is 0.659. The Hall–Kier alpha value is -1.38. The largest absolute Gasteiger partial charge is 0.486 e. The molecule has 14 heavy (non-hydrogen) atoms. The standard InChI is InChI=1S/C11H13NO2/c1-2-8-6-10-11(14-5-4-13-10)7-9(8)12-3-1/h6-7,12H,1-5H2. The first-order valence-corrected chi connectivity index (χ1v) is 5.10. The Morgan fingerprint density at radius 3 is 2.71 bits per heavy atom. The average molecular weight is 191 g/mol. The molecule has 0 spiro atoms. The molecule has 0 atom stereocenters. The van der Waals surface area contributed by atoms with Gasteiger partial charge in [-0.3, -0.25) is 0 Å². The average Bonchev–Trinajstić information content (AvgIpc) is 2.26. The summed E-state index contributed by atoms with van der Waals surface area (Å²) in [4.78, 5) is 0. The normalized spacial score (nSPS) is 18.3. The summed E-state index contributed by atoms with van der Waals surface area (Å²) in [6.45, 7) is 2.39. The maximum Gasteiger partial charge on any atom is 0.163 e. The fraction of sp³-hybridized carbons (Fsp3) is 0.455. The maximum absolute atomic E-state index is 5.54. The number of rotatable bonds is 0. The van der Waals surface area contributed by atoms with Crippen molar-refractivity contribution in [3.8, 4) is 11.5 Å². The van der Waals surface area contributed by atoms with Gasteiger partial charge < -0.3 is 14.8 Å². The van der Waals surface area contributed by atoms with Crippen LogP contribution in [-0.2, 0) is 6.42 Å². The molecule has 0 saturated carbocycles. The van der Waals surface area contributed by atoms with E-state index in [0.29, 0.717) is 13.2 Å². The molecule has 0 amide bonds. The zero-order valence-electron chi connectivity index (χ0n) is 8.01. The quantitative estimate of drug-likeness (QED) is 0.678. The van der Waals surface area contributed by atoms with E-state index in [1.54, 1.807) is 0 Å². The molecule has 0 aliphatic carbocycles. The monoisotopic (exact) mass is 191 g/mol. The second-order valence-electron chi connectivity index (χ2n) is 3.68. The number of hydrogen-bond donors (Lipinski definition) is 1. The first-order valence-electron chi connectivity index (χ1n) is 5.10. The van der Waals surface area contributed by atoms with Gasteiger partial charge in [-0.15, -0.1) is 0 Å². The van der Waals surface area contributed by atoms with Gasteiger partial charge in [-0.1, -0.05) is 0 Å². The van der Waals surface area contributed by atoms with Gasteiger partial charge in [-0.05, 0) is 24.5 Å². The van der Waals surface area contributed by atoms with E-state index in [-0.39, 0.29) is 0 Å². The Labute approximate surface area is 83.0 Å². The summed E-state index contributed by atoms with van der Waals surface area (Å²) in [6.07, 6.45) is 2.34. The van der Waals surface area contributed by atoms with Crippen molar-refractivity contribution >= 4 is 5.69 Å². The van der Waals surface area contributed by atoms with Crippen LogP contribution in [0.2, 0.25) is 0 Å². The van der Waals surface area contributed by atoms with E-state index in [1.807, 2.05) is 0 Å². The number of fused-ring (bicyclic) bond motifs is 2. The van der Waals surface area contributed by atoms with Crippen molar-refractivity contribution in [2.75, 3.05) is 25.1 Å². The number of ether oxygens (including phenoxy) is 2. The lowest BCUT2D eigenvalue weighted by atomic mass is 10.0. The minimum Gasteiger partial charge on any atom is -0.486 e. The highest BCUT2D eigenvalue weighted by Crippen LogP contribution is 2.37. The molecule has 3 rings (SSSR count). The van der Waals surface area contributed by atoms with Crippen LogP contribution in [0.3, 0.4) is 0 Å². The zero-order chi connectivity index (χ0) is 9.38. The molecule has 1 aromatic carbocycles. The number of aryl methyl sites for hydroxylation is 1. The Morgan fingerprint density at radius 2 is 1.86 bits per heavy atom. The van der Waals surface area contributed by atoms with E-state index in [9.17, 15) is 0 Å². The summed E-state index contributed by atoms with van der Waals surface area (Å²) in [5, 5.41) is 3.38. The lowest BCUT2D eigenvalue weighted by Crippen LogP contribution is -2.18. The van der Waals surface area contributed by atoms with Gasteiger partial charge >= 0.3 is 0 Å². The molecule has 0 fully saturated rings. The minimum absolute atomic E-state index is 0.659. The van der Waals surface area contributed by atoms with Crippen LogP contribution in [-0.4, -0.2) is 19.8 Å². The van der Waals surface area contributed by atoms with E-state index in [2.05, 4.69) is 17.4 Å². The van der Waals surface area contributed by atoms with E-state index in [1.165, 1.54) is 17.7 Å². The van der Waals surface area contributed by atoms with Crippen LogP contribution in [0.25, 0.3) is 0 Å². The predicted molar refractivity (Wildman–Crippen MR) is 54.2 cm³/mol. The van der Waals surface area contributed by atoms with Gasteiger partial charge in [0.25, 0.3) is 0 Å². The smallest absolute Gasteiger partial charge is 0.163 e. The first-order chi connectivity index (χ1) is 6.93. The van der Waals surface area contributed by atoms with Crippen LogP contribution < -0.4 is 14.8 Å². The van der Waals surface area contributed by atoms with Crippen LogP contribution in [0.1, 0.15) is 12.0 Å². The van der Waals surface area contributed by atoms with Crippen LogP contribution in [0.15, 0.2) is 12.1 Å². The van der Waals surface area contributed by atoms with Crippen LogP contribution in [0.5, 0.6) is 11.5 Å². The summed E-state index contributed by atoms with van der Waals surface area (Å²) in [6, 6.07) is 4.17. The molecule has 3 nitrogen and oxygen atoms in total. The molecular weight excluding hydrogens is 178 g/mol. The third kappa shape index (κ3) is 1.20. The van der Waals surface area contributed by atoms with Gasteiger partial charge in [-0.25, -0.2) is 0 Å². The summed E-state index contributed by atoms with van der Waals surface area (Å²) >= 11 is 0. The summed E-state index contributed by atoms with van der Waals surface area (Å²) in [5.74, 6) is 1.78. The molecule has 3 heteroatoms. The highest BCUT2D eigenvalue weighted by Gasteiger charge is 2.17. The van der Waals surface area contributed by atoms with Crippen molar-refractivity contribution in [1.82, 2.24) is 0 Å². The second kappa shape index (κ2) is 3.08. The molecule has 0 unspecified atom stereocenters. The molecule has 1 N–H and O–H groups in total. The van der Waals surface area contributed by atoms with Gasteiger partial charge in [0.15, 0.2) is 11.5 Å². The molecule has 0 bridgehead atoms. The highest BCUT2D eigenvalue weighted by atomic mass is 16.6. The second-order valence-corrected chi connectivity index (χ2v) is 3.68. The summed E-state index contributed by atoms with van der Waals surface area (Å²) in [7, 11) is 0. The molecule has 2 aliphatic rings. The van der Waals surface area contributed by atoms with Crippen LogP contribution in [0, 0.1) is 0 Å². The number of nitrogens with one attached hydrogen (secondary N) is 1. The third-order valence-corrected chi connectivity index (χ3v) is 2.71. The van der Waals surface area contributed by atoms with Crippen LogP contribution >= 0.6 is 0 Å². The SMILES string of the molecule is c1c2c(cc3c1OCCO3)NCCC2. The number of hydrogen-bond acceptors (Lipinski definition) is 3. The number of benzene rings is 1. The van der Waals surface area contributed by atoms with Gasteiger partial charge in [-0.2, -0.15) is 0 Å². The molecule has 2 aliphatic heterocycles. The van der Waals surface area contributed by atoms with Crippen molar-refractivity contribution in [1.29, 1.82) is 0 Å². The maximum atomic E-state index is 5.54. The Balaban J connectivity index is 2.06. The summed E-state index contributed by atoms with van der Waals surface area (Å²) < 4.78 is 11.1. The Bertz CT molecular complexity index is 296. The predicted octanol–water partition coefficient (Wildman–Crippen LogP) is 1.82. The highest BCUT2D eigenvalue weighted by molar-refractivity contribution is 5.62. The summed E-state index contributed by atoms with van der Waals surface area (Å²) in [5.41, 5.74) is 2.56. The van der Waals surface area contributed by atoms with Crippen molar-refractivity contribution in [2.45, 2.75) is 12.8 Å². The molecule has 74 valence electrons. The van der Waals surface area contributed by atoms with Gasteiger partial charge in [0.1, 0.15) is 13.2 Å². The topological polar surface area (TPSA) is 30.5 Å².